The molecule has 1 fully saturated rings. The van der Waals surface area contributed by atoms with Gasteiger partial charge in [-0.05, 0) is 29.2 Å². The Labute approximate surface area is 165 Å². The summed E-state index contributed by atoms with van der Waals surface area (Å²) in [6, 6.07) is 14.0. The molecule has 144 valence electrons. The van der Waals surface area contributed by atoms with E-state index in [0.717, 1.165) is 41.4 Å². The number of carboxylic acid groups (broad SMARTS) is 1. The number of rotatable bonds is 8. The van der Waals surface area contributed by atoms with Crippen LogP contribution >= 0.6 is 19.6 Å². The number of aliphatic carboxylic acids is 1. The third-order valence-corrected chi connectivity index (χ3v) is 8.51. The summed E-state index contributed by atoms with van der Waals surface area (Å²) in [6.07, 6.45) is 5.30. The molecule has 1 aliphatic rings. The van der Waals surface area contributed by atoms with E-state index in [2.05, 4.69) is 0 Å². The van der Waals surface area contributed by atoms with Gasteiger partial charge in [-0.3, -0.25) is 0 Å². The zero-order valence-electron chi connectivity index (χ0n) is 15.3. The number of carbonyl (C=O) groups is 1. The normalized spacial score (nSPS) is 18.2. The number of carboxylic acids is 1. The first kappa shape index (κ1) is 20.3. The van der Waals surface area contributed by atoms with Crippen LogP contribution in [0.1, 0.15) is 38.5 Å². The Morgan fingerprint density at radius 2 is 1.81 bits per heavy atom. The Hall–Kier alpha value is -1.42. The molecule has 1 aliphatic carbocycles. The highest BCUT2D eigenvalue weighted by Gasteiger charge is 2.45. The summed E-state index contributed by atoms with van der Waals surface area (Å²) in [6.45, 7) is 0. The molecule has 1 saturated carbocycles. The SMILES string of the molecule is O=C(O)C(O)(CC1CCCCC1)C[P+](=O)CSc1cccc2ccccc12. The van der Waals surface area contributed by atoms with E-state index < -0.39 is 19.4 Å². The molecule has 4 nitrogen and oxygen atoms in total. The molecule has 0 bridgehead atoms. The van der Waals surface area contributed by atoms with Gasteiger partial charge in [-0.25, -0.2) is 4.79 Å². The summed E-state index contributed by atoms with van der Waals surface area (Å²) >= 11 is 1.47. The average molecular weight is 405 g/mol. The molecule has 0 saturated heterocycles. The topological polar surface area (TPSA) is 74.6 Å². The summed E-state index contributed by atoms with van der Waals surface area (Å²) in [5.74, 6) is -1.03. The van der Waals surface area contributed by atoms with E-state index in [0.29, 0.717) is 5.49 Å². The van der Waals surface area contributed by atoms with Gasteiger partial charge in [-0.15, -0.1) is 0 Å². The smallest absolute Gasteiger partial charge is 0.353 e. The standard InChI is InChI=1S/C21H25O4PS/c22-20(23)21(24,13-16-7-2-1-3-8-16)14-26(25)15-27-19-12-6-10-17-9-4-5-11-18(17)19/h4-6,9-12,16,24H,1-3,7-8,13-15H2/p+1. The van der Waals surface area contributed by atoms with Gasteiger partial charge in [0.1, 0.15) is 0 Å². The number of hydrogen-bond donors (Lipinski definition) is 2. The Morgan fingerprint density at radius 1 is 1.11 bits per heavy atom. The maximum atomic E-state index is 12.6. The van der Waals surface area contributed by atoms with Crippen LogP contribution in [0.5, 0.6) is 0 Å². The van der Waals surface area contributed by atoms with E-state index in [4.69, 9.17) is 0 Å². The van der Waals surface area contributed by atoms with Crippen molar-refractivity contribution < 1.29 is 19.6 Å². The quantitative estimate of drug-likeness (QED) is 0.448. The van der Waals surface area contributed by atoms with Crippen molar-refractivity contribution >= 4 is 36.3 Å². The lowest BCUT2D eigenvalue weighted by Crippen LogP contribution is -2.43. The summed E-state index contributed by atoms with van der Waals surface area (Å²) < 4.78 is 12.6. The van der Waals surface area contributed by atoms with Crippen molar-refractivity contribution in [3.8, 4) is 0 Å². The third kappa shape index (κ3) is 5.31. The van der Waals surface area contributed by atoms with Gasteiger partial charge in [0.25, 0.3) is 0 Å². The lowest BCUT2D eigenvalue weighted by molar-refractivity contribution is -0.158. The second-order valence-corrected chi connectivity index (χ2v) is 10.5. The molecule has 0 aliphatic heterocycles. The number of aliphatic hydroxyl groups is 1. The number of thioether (sulfide) groups is 1. The van der Waals surface area contributed by atoms with Crippen LogP contribution in [0.4, 0.5) is 0 Å². The van der Waals surface area contributed by atoms with Gasteiger partial charge in [0, 0.05) is 4.90 Å². The second-order valence-electron chi connectivity index (χ2n) is 7.44. The van der Waals surface area contributed by atoms with Crippen LogP contribution < -0.4 is 0 Å². The van der Waals surface area contributed by atoms with Gasteiger partial charge >= 0.3 is 13.8 Å². The van der Waals surface area contributed by atoms with Gasteiger partial charge in [0.05, 0.1) is 0 Å². The monoisotopic (exact) mass is 405 g/mol. The highest BCUT2D eigenvalue weighted by Crippen LogP contribution is 2.40. The molecule has 2 N–H and O–H groups in total. The zero-order valence-corrected chi connectivity index (χ0v) is 17.1. The number of benzene rings is 2. The van der Waals surface area contributed by atoms with Crippen molar-refractivity contribution in [2.75, 3.05) is 11.7 Å². The highest BCUT2D eigenvalue weighted by molar-refractivity contribution is 8.04. The van der Waals surface area contributed by atoms with Crippen molar-refractivity contribution in [2.24, 2.45) is 5.92 Å². The maximum Gasteiger partial charge on any atom is 0.353 e. The largest absolute Gasteiger partial charge is 0.479 e. The summed E-state index contributed by atoms with van der Waals surface area (Å²) in [5.41, 5.74) is -1.57. The lowest BCUT2D eigenvalue weighted by atomic mass is 9.81. The van der Waals surface area contributed by atoms with E-state index >= 15 is 0 Å². The molecule has 6 heteroatoms. The van der Waals surface area contributed by atoms with Crippen LogP contribution in [0.3, 0.4) is 0 Å². The highest BCUT2D eigenvalue weighted by atomic mass is 32.2. The van der Waals surface area contributed by atoms with Gasteiger partial charge < -0.3 is 10.2 Å². The fraction of sp³-hybridized carbons (Fsp3) is 0.476. The number of hydrogen-bond acceptors (Lipinski definition) is 4. The van der Waals surface area contributed by atoms with Crippen LogP contribution in [0.2, 0.25) is 0 Å². The van der Waals surface area contributed by atoms with E-state index in [1.54, 1.807) is 0 Å². The maximum absolute atomic E-state index is 12.6. The predicted molar refractivity (Wildman–Crippen MR) is 111 cm³/mol. The molecule has 27 heavy (non-hydrogen) atoms. The molecule has 2 atom stereocenters. The molecular weight excluding hydrogens is 379 g/mol. The fourth-order valence-electron chi connectivity index (χ4n) is 3.89. The van der Waals surface area contributed by atoms with Crippen LogP contribution in [0, 0.1) is 5.92 Å². The van der Waals surface area contributed by atoms with Crippen molar-refractivity contribution in [3.63, 3.8) is 0 Å². The van der Waals surface area contributed by atoms with Crippen LogP contribution in [0.15, 0.2) is 47.4 Å². The van der Waals surface area contributed by atoms with E-state index in [-0.39, 0.29) is 18.5 Å². The minimum absolute atomic E-state index is 0.175. The first-order valence-electron chi connectivity index (χ1n) is 9.46. The zero-order chi connectivity index (χ0) is 19.3. The molecule has 0 spiro atoms. The summed E-state index contributed by atoms with van der Waals surface area (Å²) in [7, 11) is -1.82. The Kier molecular flexibility index (Phi) is 6.91. The van der Waals surface area contributed by atoms with Crippen molar-refractivity contribution in [1.29, 1.82) is 0 Å². The van der Waals surface area contributed by atoms with Crippen LogP contribution in [-0.2, 0) is 9.36 Å². The molecule has 0 radical (unpaired) electrons. The molecule has 2 unspecified atom stereocenters. The van der Waals surface area contributed by atoms with Crippen molar-refractivity contribution in [3.05, 3.63) is 42.5 Å². The van der Waals surface area contributed by atoms with Crippen molar-refractivity contribution in [1.82, 2.24) is 0 Å². The van der Waals surface area contributed by atoms with E-state index in [1.165, 1.54) is 18.2 Å². The molecule has 0 amide bonds. The second kappa shape index (κ2) is 9.18. The first-order valence-corrected chi connectivity index (χ1v) is 12.1. The lowest BCUT2D eigenvalue weighted by Gasteiger charge is -2.27. The van der Waals surface area contributed by atoms with E-state index in [9.17, 15) is 19.6 Å². The first-order chi connectivity index (χ1) is 13.0. The molecule has 0 heterocycles. The van der Waals surface area contributed by atoms with Gasteiger partial charge in [-0.1, -0.05) is 84.8 Å². The Bertz CT molecular complexity index is 813. The van der Waals surface area contributed by atoms with E-state index in [1.807, 2.05) is 42.5 Å². The Morgan fingerprint density at radius 3 is 2.56 bits per heavy atom. The molecule has 3 rings (SSSR count). The Balaban J connectivity index is 1.63. The molecule has 2 aromatic rings. The third-order valence-electron chi connectivity index (χ3n) is 5.30. The van der Waals surface area contributed by atoms with Crippen LogP contribution in [-0.4, -0.2) is 33.4 Å². The molecule has 0 aromatic heterocycles. The van der Waals surface area contributed by atoms with Gasteiger partial charge in [0.2, 0.25) is 5.60 Å². The predicted octanol–water partition coefficient (Wildman–Crippen LogP) is 5.50. The van der Waals surface area contributed by atoms with Gasteiger partial charge in [0.15, 0.2) is 11.7 Å². The van der Waals surface area contributed by atoms with Crippen LogP contribution in [0.25, 0.3) is 10.8 Å². The average Bonchev–Trinajstić information content (AvgIpc) is 2.67. The fourth-order valence-corrected chi connectivity index (χ4v) is 6.75. The molecule has 2 aromatic carbocycles. The molecular formula is C21H26O4PS+. The summed E-state index contributed by atoms with van der Waals surface area (Å²) in [4.78, 5) is 12.7. The minimum Gasteiger partial charge on any atom is -0.479 e. The summed E-state index contributed by atoms with van der Waals surface area (Å²) in [5, 5.41) is 22.5. The number of fused-ring (bicyclic) bond motifs is 1. The van der Waals surface area contributed by atoms with Gasteiger partial charge in [-0.2, -0.15) is 0 Å². The minimum atomic E-state index is -1.88. The van der Waals surface area contributed by atoms with Crippen molar-refractivity contribution in [2.45, 2.75) is 49.0 Å².